The maximum absolute atomic E-state index is 6.04. The van der Waals surface area contributed by atoms with Crippen LogP contribution < -0.4 is 0 Å². The van der Waals surface area contributed by atoms with E-state index < -0.39 is 0 Å². The lowest BCUT2D eigenvalue weighted by Crippen LogP contribution is -2.02. The molecule has 88 valence electrons. The second-order valence-electron chi connectivity index (χ2n) is 3.82. The zero-order valence-corrected chi connectivity index (χ0v) is 12.4. The number of rotatable bonds is 3. The molecule has 0 amide bonds. The Labute approximate surface area is 120 Å². The largest absolute Gasteiger partial charge is 0.237 e. The third-order valence-corrected chi connectivity index (χ3v) is 4.39. The summed E-state index contributed by atoms with van der Waals surface area (Å²) in [4.78, 5) is 8.74. The Morgan fingerprint density at radius 2 is 1.82 bits per heavy atom. The van der Waals surface area contributed by atoms with E-state index in [1.54, 1.807) is 0 Å². The molecule has 0 radical (unpaired) electrons. The molecule has 1 heterocycles. The first-order chi connectivity index (χ1) is 8.16. The molecule has 4 heteroatoms. The number of aromatic nitrogens is 2. The van der Waals surface area contributed by atoms with Crippen molar-refractivity contribution in [1.29, 1.82) is 0 Å². The molecule has 0 spiro atoms. The Bertz CT molecular complexity index is 491. The minimum atomic E-state index is 0.557. The van der Waals surface area contributed by atoms with E-state index in [4.69, 9.17) is 11.6 Å². The van der Waals surface area contributed by atoms with Crippen molar-refractivity contribution < 1.29 is 0 Å². The van der Waals surface area contributed by atoms with E-state index in [9.17, 15) is 0 Å². The number of nitrogens with zero attached hydrogens (tertiary/aromatic N) is 2. The second kappa shape index (κ2) is 5.78. The summed E-state index contributed by atoms with van der Waals surface area (Å²) in [5.74, 6) is 0.816. The van der Waals surface area contributed by atoms with E-state index in [2.05, 4.69) is 44.7 Å². The maximum atomic E-state index is 6.04. The van der Waals surface area contributed by atoms with Gasteiger partial charge in [0.25, 0.3) is 0 Å². The molecule has 0 aliphatic carbocycles. The minimum Gasteiger partial charge on any atom is -0.237 e. The molecular formula is C13H12ClIN2. The molecule has 0 saturated heterocycles. The first kappa shape index (κ1) is 12.8. The number of hydrogen-bond donors (Lipinski definition) is 0. The van der Waals surface area contributed by atoms with Gasteiger partial charge in [0.05, 0.1) is 9.26 Å². The summed E-state index contributed by atoms with van der Waals surface area (Å²) in [6.45, 7) is 1.96. The van der Waals surface area contributed by atoms with Crippen LogP contribution in [0.1, 0.15) is 17.1 Å². The van der Waals surface area contributed by atoms with Gasteiger partial charge in [-0.15, -0.1) is 0 Å². The Morgan fingerprint density at radius 3 is 2.47 bits per heavy atom. The highest BCUT2D eigenvalue weighted by Crippen LogP contribution is 2.18. The number of aryl methyl sites for hydroxylation is 3. The van der Waals surface area contributed by atoms with E-state index in [0.29, 0.717) is 5.15 Å². The van der Waals surface area contributed by atoms with Gasteiger partial charge >= 0.3 is 0 Å². The molecule has 17 heavy (non-hydrogen) atoms. The summed E-state index contributed by atoms with van der Waals surface area (Å²) in [6.07, 6.45) is 1.76. The molecule has 2 rings (SSSR count). The van der Waals surface area contributed by atoms with Crippen molar-refractivity contribution in [1.82, 2.24) is 9.97 Å². The summed E-state index contributed by atoms with van der Waals surface area (Å²) in [5.41, 5.74) is 2.25. The molecule has 1 aromatic carbocycles. The van der Waals surface area contributed by atoms with E-state index >= 15 is 0 Å². The molecule has 2 nitrogen and oxygen atoms in total. The molecule has 0 fully saturated rings. The van der Waals surface area contributed by atoms with Crippen LogP contribution in [0.4, 0.5) is 0 Å². The van der Waals surface area contributed by atoms with Gasteiger partial charge < -0.3 is 0 Å². The predicted molar refractivity (Wildman–Crippen MR) is 78.3 cm³/mol. The molecule has 0 saturated carbocycles. The lowest BCUT2D eigenvalue weighted by atomic mass is 10.1. The molecule has 0 atom stereocenters. The van der Waals surface area contributed by atoms with Gasteiger partial charge in [-0.3, -0.25) is 0 Å². The molecule has 0 aliphatic rings. The molecule has 1 aromatic heterocycles. The summed E-state index contributed by atoms with van der Waals surface area (Å²) in [7, 11) is 0. The summed E-state index contributed by atoms with van der Waals surface area (Å²) in [5, 5.41) is 0.557. The number of halogens is 2. The van der Waals surface area contributed by atoms with Crippen LogP contribution in [0, 0.1) is 10.5 Å². The third kappa shape index (κ3) is 3.39. The van der Waals surface area contributed by atoms with Gasteiger partial charge in [0, 0.05) is 6.42 Å². The van der Waals surface area contributed by atoms with E-state index in [1.807, 2.05) is 25.1 Å². The monoisotopic (exact) mass is 358 g/mol. The first-order valence-corrected chi connectivity index (χ1v) is 6.85. The van der Waals surface area contributed by atoms with Gasteiger partial charge in [0.1, 0.15) is 11.0 Å². The second-order valence-corrected chi connectivity index (χ2v) is 5.25. The van der Waals surface area contributed by atoms with Crippen LogP contribution in [0.15, 0.2) is 30.3 Å². The Balaban J connectivity index is 2.10. The summed E-state index contributed by atoms with van der Waals surface area (Å²) in [6, 6.07) is 10.3. The van der Waals surface area contributed by atoms with Crippen molar-refractivity contribution in [2.45, 2.75) is 19.8 Å². The van der Waals surface area contributed by atoms with E-state index in [1.165, 1.54) is 5.56 Å². The number of benzene rings is 1. The molecular weight excluding hydrogens is 347 g/mol. The average molecular weight is 359 g/mol. The van der Waals surface area contributed by atoms with Gasteiger partial charge in [-0.1, -0.05) is 41.9 Å². The van der Waals surface area contributed by atoms with Crippen molar-refractivity contribution >= 4 is 34.2 Å². The van der Waals surface area contributed by atoms with E-state index in [-0.39, 0.29) is 0 Å². The van der Waals surface area contributed by atoms with Crippen LogP contribution in [0.3, 0.4) is 0 Å². The highest BCUT2D eigenvalue weighted by atomic mass is 127. The average Bonchev–Trinajstić information content (AvgIpc) is 2.34. The van der Waals surface area contributed by atoms with E-state index in [0.717, 1.165) is 27.9 Å². The van der Waals surface area contributed by atoms with Crippen LogP contribution in [-0.4, -0.2) is 9.97 Å². The fourth-order valence-corrected chi connectivity index (χ4v) is 2.07. The minimum absolute atomic E-state index is 0.557. The first-order valence-electron chi connectivity index (χ1n) is 5.39. The van der Waals surface area contributed by atoms with Crippen molar-refractivity contribution in [3.63, 3.8) is 0 Å². The van der Waals surface area contributed by atoms with Gasteiger partial charge in [-0.05, 0) is 41.5 Å². The standard InChI is InChI=1S/C13H12ClIN2/c1-9-12(15)13(14)17-11(16-9)8-7-10-5-3-2-4-6-10/h2-6H,7-8H2,1H3. The van der Waals surface area contributed by atoms with Crippen molar-refractivity contribution in [3.05, 3.63) is 56.1 Å². The molecule has 2 aromatic rings. The maximum Gasteiger partial charge on any atom is 0.146 e. The van der Waals surface area contributed by atoms with Gasteiger partial charge in [0.2, 0.25) is 0 Å². The van der Waals surface area contributed by atoms with Gasteiger partial charge in [-0.25, -0.2) is 9.97 Å². The quantitative estimate of drug-likeness (QED) is 0.615. The van der Waals surface area contributed by atoms with Gasteiger partial charge in [-0.2, -0.15) is 0 Å². The molecule has 0 bridgehead atoms. The Hall–Kier alpha value is -0.680. The lowest BCUT2D eigenvalue weighted by Gasteiger charge is -2.05. The van der Waals surface area contributed by atoms with Crippen LogP contribution >= 0.6 is 34.2 Å². The van der Waals surface area contributed by atoms with Crippen molar-refractivity contribution in [2.24, 2.45) is 0 Å². The lowest BCUT2D eigenvalue weighted by molar-refractivity contribution is 0.842. The smallest absolute Gasteiger partial charge is 0.146 e. The van der Waals surface area contributed by atoms with Gasteiger partial charge in [0.15, 0.2) is 0 Å². The predicted octanol–water partition coefficient (Wildman–Crippen LogP) is 3.83. The molecule has 0 N–H and O–H groups in total. The third-order valence-electron chi connectivity index (χ3n) is 2.50. The molecule has 0 unspecified atom stereocenters. The topological polar surface area (TPSA) is 25.8 Å². The zero-order chi connectivity index (χ0) is 12.3. The number of hydrogen-bond acceptors (Lipinski definition) is 2. The highest BCUT2D eigenvalue weighted by molar-refractivity contribution is 14.1. The zero-order valence-electron chi connectivity index (χ0n) is 9.45. The van der Waals surface area contributed by atoms with Crippen molar-refractivity contribution in [2.75, 3.05) is 0 Å². The summed E-state index contributed by atoms with van der Waals surface area (Å²) >= 11 is 8.21. The van der Waals surface area contributed by atoms with Crippen LogP contribution in [0.5, 0.6) is 0 Å². The van der Waals surface area contributed by atoms with Crippen molar-refractivity contribution in [3.8, 4) is 0 Å². The molecule has 0 aliphatic heterocycles. The highest BCUT2D eigenvalue weighted by Gasteiger charge is 2.07. The van der Waals surface area contributed by atoms with Crippen LogP contribution in [0.2, 0.25) is 5.15 Å². The normalized spacial score (nSPS) is 10.5. The van der Waals surface area contributed by atoms with Crippen LogP contribution in [-0.2, 0) is 12.8 Å². The Kier molecular flexibility index (Phi) is 4.34. The van der Waals surface area contributed by atoms with Crippen LogP contribution in [0.25, 0.3) is 0 Å². The summed E-state index contributed by atoms with van der Waals surface area (Å²) < 4.78 is 0.938. The SMILES string of the molecule is Cc1nc(CCc2ccccc2)nc(Cl)c1I. The fourth-order valence-electron chi connectivity index (χ4n) is 1.59. The fraction of sp³-hybridized carbons (Fsp3) is 0.231. The Morgan fingerprint density at radius 1 is 1.12 bits per heavy atom.